The van der Waals surface area contributed by atoms with Crippen molar-refractivity contribution in [1.29, 1.82) is 0 Å². The van der Waals surface area contributed by atoms with Crippen molar-refractivity contribution < 1.29 is 13.8 Å². The summed E-state index contributed by atoms with van der Waals surface area (Å²) in [5.74, 6) is 0.510. The molecule has 0 spiro atoms. The molecule has 30 heavy (non-hydrogen) atoms. The lowest BCUT2D eigenvalue weighted by Gasteiger charge is -2.37. The highest BCUT2D eigenvalue weighted by atomic mass is 32.9. The summed E-state index contributed by atoms with van der Waals surface area (Å²) in [5.41, 5.74) is -2.49. The predicted octanol–water partition coefficient (Wildman–Crippen LogP) is 4.11. The smallest absolute Gasteiger partial charge is 0.330 e. The minimum absolute atomic E-state index is 0.184. The second-order valence-electron chi connectivity index (χ2n) is 8.70. The van der Waals surface area contributed by atoms with Gasteiger partial charge in [-0.3, -0.25) is 14.3 Å². The molecule has 4 rings (SSSR count). The molecule has 7 atom stereocenters. The topological polar surface area (TPSA) is 82.5 Å². The number of H-pyrrole nitrogens is 1. The number of fused-ring (bicyclic) bond motifs is 1. The minimum atomic E-state index is -2.54. The van der Waals surface area contributed by atoms with Gasteiger partial charge in [-0.25, -0.2) is 4.79 Å². The maximum Gasteiger partial charge on any atom is 0.330 e. The molecule has 0 bridgehead atoms. The molecule has 0 radical (unpaired) electrons. The molecule has 0 amide bonds. The molecule has 3 aliphatic rings. The Morgan fingerprint density at radius 3 is 2.93 bits per heavy atom. The van der Waals surface area contributed by atoms with Crippen LogP contribution in [0.25, 0.3) is 0 Å². The molecule has 1 aliphatic carbocycles. The van der Waals surface area contributed by atoms with Gasteiger partial charge in [0.05, 0.1) is 17.8 Å². The number of allylic oxidation sites excluding steroid dienone is 1. The first kappa shape index (κ1) is 22.5. The standard InChI is InChI=1S/C20H29N2O5PS2/c1-5-14-15(11-18(25-14)22-9-7-17(23)21-19(22)24)26-28(29)27-20(4)8-6-13(12(2)3)10-16(20)30-28/h7,9,13-16,18H,2,5-6,8,10-11H2,1,3-4H3,(H,21,23,24)/t13-,14+,15-,16+,18+,20+,28-/m0/s1. The van der Waals surface area contributed by atoms with Crippen LogP contribution in [-0.2, 0) is 25.6 Å². The molecular weight excluding hydrogens is 443 g/mol. The quantitative estimate of drug-likeness (QED) is 0.510. The summed E-state index contributed by atoms with van der Waals surface area (Å²) in [6.07, 6.45) is 4.80. The van der Waals surface area contributed by atoms with Crippen molar-refractivity contribution in [3.05, 3.63) is 45.3 Å². The van der Waals surface area contributed by atoms with Crippen molar-refractivity contribution in [2.45, 2.75) is 82.2 Å². The fourth-order valence-electron chi connectivity index (χ4n) is 4.60. The van der Waals surface area contributed by atoms with Crippen LogP contribution in [-0.4, -0.2) is 32.6 Å². The zero-order chi connectivity index (χ0) is 21.7. The fraction of sp³-hybridized carbons (Fsp3) is 0.700. The van der Waals surface area contributed by atoms with Crippen LogP contribution >= 0.6 is 17.1 Å². The molecule has 1 saturated carbocycles. The van der Waals surface area contributed by atoms with Gasteiger partial charge < -0.3 is 13.8 Å². The maximum absolute atomic E-state index is 12.2. The van der Waals surface area contributed by atoms with Crippen molar-refractivity contribution in [2.24, 2.45) is 5.92 Å². The van der Waals surface area contributed by atoms with E-state index in [1.165, 1.54) is 22.4 Å². The Morgan fingerprint density at radius 1 is 1.50 bits per heavy atom. The number of ether oxygens (including phenoxy) is 1. The number of hydrogen-bond donors (Lipinski definition) is 1. The number of nitrogens with one attached hydrogen (secondary N) is 1. The van der Waals surface area contributed by atoms with Gasteiger partial charge in [0.1, 0.15) is 6.23 Å². The van der Waals surface area contributed by atoms with Crippen LogP contribution in [0, 0.1) is 5.92 Å². The van der Waals surface area contributed by atoms with Gasteiger partial charge in [0.2, 0.25) is 5.69 Å². The van der Waals surface area contributed by atoms with Gasteiger partial charge in [0.25, 0.3) is 5.56 Å². The second-order valence-corrected chi connectivity index (χ2v) is 15.0. The fourth-order valence-corrected chi connectivity index (χ4v) is 11.9. The van der Waals surface area contributed by atoms with Gasteiger partial charge >= 0.3 is 5.69 Å². The Labute approximate surface area is 185 Å². The molecule has 2 saturated heterocycles. The van der Waals surface area contributed by atoms with E-state index in [2.05, 4.69) is 25.4 Å². The average Bonchev–Trinajstić information content (AvgIpc) is 3.17. The minimum Gasteiger partial charge on any atom is -0.352 e. The number of hydrogen-bond acceptors (Lipinski definition) is 7. The zero-order valence-electron chi connectivity index (χ0n) is 17.5. The van der Waals surface area contributed by atoms with E-state index in [4.69, 9.17) is 25.6 Å². The highest BCUT2D eigenvalue weighted by molar-refractivity contribution is 8.68. The molecule has 0 aromatic carbocycles. The van der Waals surface area contributed by atoms with Crippen molar-refractivity contribution in [3.63, 3.8) is 0 Å². The van der Waals surface area contributed by atoms with Gasteiger partial charge in [0.15, 0.2) is 0 Å². The summed E-state index contributed by atoms with van der Waals surface area (Å²) >= 11 is 7.62. The van der Waals surface area contributed by atoms with E-state index in [0.29, 0.717) is 17.6 Å². The summed E-state index contributed by atoms with van der Waals surface area (Å²) in [6.45, 7) is 10.4. The van der Waals surface area contributed by atoms with Gasteiger partial charge in [0, 0.05) is 23.9 Å². The van der Waals surface area contributed by atoms with Gasteiger partial charge in [-0.1, -0.05) is 30.5 Å². The van der Waals surface area contributed by atoms with Crippen molar-refractivity contribution >= 4 is 28.9 Å². The van der Waals surface area contributed by atoms with E-state index in [1.54, 1.807) is 11.4 Å². The predicted molar refractivity (Wildman–Crippen MR) is 122 cm³/mol. The molecule has 1 aromatic rings. The SMILES string of the molecule is C=C(C)[C@H]1CC[C@@]2(C)O[P@](=S)(O[C@H]3C[C@H](n4ccc(=O)[nH]c4=O)O[C@@H]3CC)S[C@@H]2C1. The van der Waals surface area contributed by atoms with Crippen LogP contribution in [0.15, 0.2) is 34.0 Å². The molecule has 3 heterocycles. The van der Waals surface area contributed by atoms with Crippen molar-refractivity contribution in [1.82, 2.24) is 9.55 Å². The van der Waals surface area contributed by atoms with Crippen LogP contribution in [0.3, 0.4) is 0 Å². The molecule has 10 heteroatoms. The zero-order valence-corrected chi connectivity index (χ0v) is 20.1. The van der Waals surface area contributed by atoms with Crippen LogP contribution in [0.4, 0.5) is 0 Å². The summed E-state index contributed by atoms with van der Waals surface area (Å²) in [4.78, 5) is 25.8. The number of aromatic amines is 1. The number of nitrogens with zero attached hydrogens (tertiary/aromatic N) is 1. The molecule has 1 aromatic heterocycles. The Kier molecular flexibility index (Phi) is 6.25. The van der Waals surface area contributed by atoms with E-state index in [-0.39, 0.29) is 17.8 Å². The van der Waals surface area contributed by atoms with Crippen molar-refractivity contribution in [3.8, 4) is 0 Å². The average molecular weight is 473 g/mol. The van der Waals surface area contributed by atoms with Crippen LogP contribution in [0.5, 0.6) is 0 Å². The Hall–Kier alpha value is -0.700. The van der Waals surface area contributed by atoms with Gasteiger partial charge in [-0.05, 0) is 57.3 Å². The Balaban J connectivity index is 1.49. The van der Waals surface area contributed by atoms with Crippen LogP contribution < -0.4 is 11.2 Å². The summed E-state index contributed by atoms with van der Waals surface area (Å²) < 4.78 is 20.4. The van der Waals surface area contributed by atoms with Crippen molar-refractivity contribution in [2.75, 3.05) is 0 Å². The second kappa shape index (κ2) is 8.34. The lowest BCUT2D eigenvalue weighted by atomic mass is 9.77. The molecule has 166 valence electrons. The Bertz CT molecular complexity index is 994. The third-order valence-corrected chi connectivity index (χ3v) is 12.1. The normalized spacial score (nSPS) is 41.0. The first-order chi connectivity index (χ1) is 14.1. The van der Waals surface area contributed by atoms with E-state index in [9.17, 15) is 9.59 Å². The molecular formula is C20H29N2O5PS2. The lowest BCUT2D eigenvalue weighted by molar-refractivity contribution is -0.0204. The monoisotopic (exact) mass is 472 g/mol. The number of aromatic nitrogens is 2. The van der Waals surface area contributed by atoms with E-state index in [1.807, 2.05) is 6.92 Å². The molecule has 0 unspecified atom stereocenters. The van der Waals surface area contributed by atoms with E-state index >= 15 is 0 Å². The third kappa shape index (κ3) is 4.30. The summed E-state index contributed by atoms with van der Waals surface area (Å²) in [5, 5.41) is 0.304. The number of rotatable bonds is 5. The Morgan fingerprint density at radius 2 is 2.27 bits per heavy atom. The summed E-state index contributed by atoms with van der Waals surface area (Å²) in [6, 6.07) is 1.32. The van der Waals surface area contributed by atoms with Crippen LogP contribution in [0.1, 0.15) is 59.1 Å². The first-order valence-corrected chi connectivity index (χ1v) is 14.5. The highest BCUT2D eigenvalue weighted by Gasteiger charge is 2.54. The largest absolute Gasteiger partial charge is 0.352 e. The summed E-state index contributed by atoms with van der Waals surface area (Å²) in [7, 11) is 0. The molecule has 7 nitrogen and oxygen atoms in total. The lowest BCUT2D eigenvalue weighted by Crippen LogP contribution is -2.40. The first-order valence-electron chi connectivity index (χ1n) is 10.4. The van der Waals surface area contributed by atoms with Gasteiger partial charge in [-0.15, -0.1) is 0 Å². The van der Waals surface area contributed by atoms with E-state index in [0.717, 1.165) is 25.7 Å². The maximum atomic E-state index is 12.2. The van der Waals surface area contributed by atoms with E-state index < -0.39 is 23.2 Å². The molecule has 1 N–H and O–H groups in total. The highest BCUT2D eigenvalue weighted by Crippen LogP contribution is 2.75. The van der Waals surface area contributed by atoms with Crippen LogP contribution in [0.2, 0.25) is 0 Å². The molecule has 3 fully saturated rings. The van der Waals surface area contributed by atoms with Gasteiger partial charge in [-0.2, -0.15) is 0 Å². The molecule has 2 aliphatic heterocycles. The third-order valence-electron chi connectivity index (χ3n) is 6.45.